The van der Waals surface area contributed by atoms with Gasteiger partial charge in [-0.2, -0.15) is 0 Å². The predicted octanol–water partition coefficient (Wildman–Crippen LogP) is 2.37. The Morgan fingerprint density at radius 3 is 2.51 bits per heavy atom. The average molecular weight is 502 g/mol. The Bertz CT molecular complexity index is 965. The third-order valence-electron chi connectivity index (χ3n) is 7.70. The van der Waals surface area contributed by atoms with Crippen LogP contribution in [0, 0.1) is 17.8 Å². The molecule has 0 aliphatic carbocycles. The molecule has 0 aromatic heterocycles. The van der Waals surface area contributed by atoms with E-state index in [1.165, 1.54) is 0 Å². The molecule has 3 aliphatic heterocycles. The number of aliphatic hydroxyl groups is 1. The number of thioether (sulfide) groups is 1. The molecule has 3 heterocycles. The Hall–Kier alpha value is -2.06. The van der Waals surface area contributed by atoms with Crippen LogP contribution in [0.2, 0.25) is 0 Å². The van der Waals surface area contributed by atoms with Gasteiger partial charge in [0, 0.05) is 17.3 Å². The van der Waals surface area contributed by atoms with Gasteiger partial charge in [-0.1, -0.05) is 44.2 Å². The number of fused-ring (bicyclic) bond motifs is 1. The molecule has 35 heavy (non-hydrogen) atoms. The van der Waals surface area contributed by atoms with E-state index < -0.39 is 34.2 Å². The molecular formula is C27H39N3O4S. The number of carbonyl (C=O) groups excluding carboxylic acids is 3. The summed E-state index contributed by atoms with van der Waals surface area (Å²) < 4.78 is -0.685. The number of nitrogens with zero attached hydrogens (tertiary/aromatic N) is 1. The van der Waals surface area contributed by atoms with Gasteiger partial charge in [0.25, 0.3) is 0 Å². The molecule has 3 N–H and O–H groups in total. The summed E-state index contributed by atoms with van der Waals surface area (Å²) in [5.41, 5.74) is 0.517. The standard InChI is InChI=1S/C27H39N3O4S/c1-6-12-28-23(32)20-19-13-16(2)27(35-19)21(20)25(34)30(22(27)24(33)29-26(3,4)5)18(15-31)14-17-10-8-7-9-11-17/h7-11,16,18-22,31H,6,12-15H2,1-5H3,(H,28,32)(H,29,33)/t16?,18-,19+,20-,21+,22?,27?/m1/s1. The maximum Gasteiger partial charge on any atom is 0.244 e. The van der Waals surface area contributed by atoms with Gasteiger partial charge in [0.1, 0.15) is 6.04 Å². The SMILES string of the molecule is CCCNC(=O)[C@@H]1[C@@H]2CC(C)C3(S2)C(C(=O)NC(C)(C)C)N([C@@H](CO)Cc2ccccc2)C(=O)[C@H]13. The second-order valence-electron chi connectivity index (χ2n) is 11.4. The number of likely N-dealkylation sites (tertiary alicyclic amines) is 1. The van der Waals surface area contributed by atoms with Crippen LogP contribution in [-0.4, -0.2) is 68.5 Å². The predicted molar refractivity (Wildman–Crippen MR) is 138 cm³/mol. The first-order valence-electron chi connectivity index (χ1n) is 12.8. The summed E-state index contributed by atoms with van der Waals surface area (Å²) in [7, 11) is 0. The highest BCUT2D eigenvalue weighted by atomic mass is 32.2. The van der Waals surface area contributed by atoms with Gasteiger partial charge >= 0.3 is 0 Å². The number of rotatable bonds is 8. The summed E-state index contributed by atoms with van der Waals surface area (Å²) in [6.45, 7) is 10.2. The lowest BCUT2D eigenvalue weighted by Gasteiger charge is -2.41. The van der Waals surface area contributed by atoms with Gasteiger partial charge < -0.3 is 20.6 Å². The molecule has 1 aromatic rings. The Morgan fingerprint density at radius 2 is 1.91 bits per heavy atom. The van der Waals surface area contributed by atoms with Crippen molar-refractivity contribution in [2.45, 2.75) is 81.5 Å². The Kier molecular flexibility index (Phi) is 7.26. The van der Waals surface area contributed by atoms with Crippen LogP contribution in [-0.2, 0) is 20.8 Å². The number of aliphatic hydroxyl groups excluding tert-OH is 1. The van der Waals surface area contributed by atoms with Crippen molar-refractivity contribution in [1.82, 2.24) is 15.5 Å². The van der Waals surface area contributed by atoms with Crippen LogP contribution >= 0.6 is 11.8 Å². The smallest absolute Gasteiger partial charge is 0.244 e. The van der Waals surface area contributed by atoms with Crippen molar-refractivity contribution in [3.8, 4) is 0 Å². The second kappa shape index (κ2) is 9.77. The molecule has 3 unspecified atom stereocenters. The number of hydrogen-bond acceptors (Lipinski definition) is 5. The monoisotopic (exact) mass is 501 g/mol. The molecule has 7 nitrogen and oxygen atoms in total. The van der Waals surface area contributed by atoms with Crippen molar-refractivity contribution in [3.63, 3.8) is 0 Å². The van der Waals surface area contributed by atoms with Crippen LogP contribution in [0.3, 0.4) is 0 Å². The molecule has 3 fully saturated rings. The minimum atomic E-state index is -0.742. The van der Waals surface area contributed by atoms with E-state index in [1.807, 2.05) is 58.0 Å². The number of carbonyl (C=O) groups is 3. The first-order valence-corrected chi connectivity index (χ1v) is 13.7. The van der Waals surface area contributed by atoms with Gasteiger partial charge in [-0.15, -0.1) is 11.8 Å². The zero-order valence-corrected chi connectivity index (χ0v) is 22.2. The van der Waals surface area contributed by atoms with E-state index >= 15 is 0 Å². The molecule has 192 valence electrons. The summed E-state index contributed by atoms with van der Waals surface area (Å²) in [5, 5.41) is 16.6. The van der Waals surface area contributed by atoms with Gasteiger partial charge in [0.05, 0.1) is 29.2 Å². The lowest BCUT2D eigenvalue weighted by Crippen LogP contribution is -2.61. The van der Waals surface area contributed by atoms with Crippen molar-refractivity contribution in [2.75, 3.05) is 13.2 Å². The quantitative estimate of drug-likeness (QED) is 0.508. The van der Waals surface area contributed by atoms with Crippen LogP contribution in [0.25, 0.3) is 0 Å². The van der Waals surface area contributed by atoms with Gasteiger partial charge in [0.15, 0.2) is 0 Å². The van der Waals surface area contributed by atoms with E-state index in [-0.39, 0.29) is 35.5 Å². The zero-order valence-electron chi connectivity index (χ0n) is 21.4. The molecular weight excluding hydrogens is 462 g/mol. The number of amides is 3. The first-order chi connectivity index (χ1) is 16.5. The van der Waals surface area contributed by atoms with Crippen molar-refractivity contribution < 1.29 is 19.5 Å². The fourth-order valence-corrected chi connectivity index (χ4v) is 8.80. The van der Waals surface area contributed by atoms with Crippen molar-refractivity contribution in [3.05, 3.63) is 35.9 Å². The number of nitrogens with one attached hydrogen (secondary N) is 2. The molecule has 1 aromatic carbocycles. The first kappa shape index (κ1) is 26.0. The van der Waals surface area contributed by atoms with Gasteiger partial charge in [-0.05, 0) is 51.5 Å². The maximum atomic E-state index is 14.2. The molecule has 0 radical (unpaired) electrons. The highest BCUT2D eigenvalue weighted by Gasteiger charge is 2.76. The molecule has 3 aliphatic rings. The largest absolute Gasteiger partial charge is 0.394 e. The average Bonchev–Trinajstić information content (AvgIpc) is 3.39. The minimum absolute atomic E-state index is 0.0181. The van der Waals surface area contributed by atoms with Gasteiger partial charge in [-0.25, -0.2) is 0 Å². The fourth-order valence-electron chi connectivity index (χ4n) is 6.39. The second-order valence-corrected chi connectivity index (χ2v) is 12.9. The molecule has 2 bridgehead atoms. The van der Waals surface area contributed by atoms with Crippen molar-refractivity contribution >= 4 is 29.5 Å². The topological polar surface area (TPSA) is 98.7 Å². The van der Waals surface area contributed by atoms with Crippen LogP contribution in [0.15, 0.2) is 30.3 Å². The van der Waals surface area contributed by atoms with E-state index in [9.17, 15) is 19.5 Å². The lowest BCUT2D eigenvalue weighted by molar-refractivity contribution is -0.143. The Balaban J connectivity index is 1.77. The summed E-state index contributed by atoms with van der Waals surface area (Å²) in [6.07, 6.45) is 2.07. The van der Waals surface area contributed by atoms with Gasteiger partial charge in [0.2, 0.25) is 17.7 Å². The molecule has 1 spiro atoms. The van der Waals surface area contributed by atoms with Crippen LogP contribution < -0.4 is 10.6 Å². The van der Waals surface area contributed by atoms with E-state index in [0.29, 0.717) is 13.0 Å². The van der Waals surface area contributed by atoms with Crippen molar-refractivity contribution in [2.24, 2.45) is 17.8 Å². The molecule has 3 amide bonds. The van der Waals surface area contributed by atoms with Crippen LogP contribution in [0.5, 0.6) is 0 Å². The molecule has 0 saturated carbocycles. The van der Waals surface area contributed by atoms with E-state index in [0.717, 1.165) is 18.4 Å². The molecule has 3 saturated heterocycles. The number of hydrogen-bond donors (Lipinski definition) is 3. The fraction of sp³-hybridized carbons (Fsp3) is 0.667. The highest BCUT2D eigenvalue weighted by Crippen LogP contribution is 2.68. The zero-order chi connectivity index (χ0) is 25.5. The van der Waals surface area contributed by atoms with Crippen LogP contribution in [0.1, 0.15) is 53.0 Å². The third kappa shape index (κ3) is 4.48. The molecule has 8 heteroatoms. The third-order valence-corrected chi connectivity index (χ3v) is 9.78. The normalized spacial score (nSPS) is 32.5. The Labute approximate surface area is 212 Å². The van der Waals surface area contributed by atoms with E-state index in [4.69, 9.17) is 0 Å². The van der Waals surface area contributed by atoms with Crippen LogP contribution in [0.4, 0.5) is 0 Å². The van der Waals surface area contributed by atoms with Crippen molar-refractivity contribution in [1.29, 1.82) is 0 Å². The van der Waals surface area contributed by atoms with E-state index in [2.05, 4.69) is 17.6 Å². The minimum Gasteiger partial charge on any atom is -0.394 e. The summed E-state index contributed by atoms with van der Waals surface area (Å²) in [5.74, 6) is -1.39. The Morgan fingerprint density at radius 1 is 1.23 bits per heavy atom. The molecule has 7 atom stereocenters. The van der Waals surface area contributed by atoms with Gasteiger partial charge in [-0.3, -0.25) is 14.4 Å². The summed E-state index contributed by atoms with van der Waals surface area (Å²) in [4.78, 5) is 43.1. The lowest BCUT2D eigenvalue weighted by atomic mass is 9.65. The summed E-state index contributed by atoms with van der Waals surface area (Å²) >= 11 is 1.67. The van der Waals surface area contributed by atoms with E-state index in [1.54, 1.807) is 16.7 Å². The maximum absolute atomic E-state index is 14.2. The molecule has 4 rings (SSSR count). The summed E-state index contributed by atoms with van der Waals surface area (Å²) in [6, 6.07) is 8.44. The number of benzene rings is 1. The highest BCUT2D eigenvalue weighted by molar-refractivity contribution is 8.02.